The van der Waals surface area contributed by atoms with E-state index in [1.807, 2.05) is 12.1 Å². The van der Waals surface area contributed by atoms with E-state index >= 15 is 0 Å². The third kappa shape index (κ3) is 3.22. The van der Waals surface area contributed by atoms with Crippen LogP contribution in [0.25, 0.3) is 11.0 Å². The van der Waals surface area contributed by atoms with Crippen molar-refractivity contribution in [3.05, 3.63) is 51.9 Å². The van der Waals surface area contributed by atoms with E-state index in [1.165, 1.54) is 4.68 Å². The van der Waals surface area contributed by atoms with E-state index in [1.54, 1.807) is 29.8 Å². The molecule has 3 N–H and O–H groups in total. The summed E-state index contributed by atoms with van der Waals surface area (Å²) in [4.78, 5) is 17.7. The number of hydrogen-bond acceptors (Lipinski definition) is 6. The number of fused-ring (bicyclic) bond motifs is 1. The van der Waals surface area contributed by atoms with Crippen LogP contribution in [0.3, 0.4) is 0 Å². The summed E-state index contributed by atoms with van der Waals surface area (Å²) in [5.74, 6) is 6.42. The van der Waals surface area contributed by atoms with Crippen LogP contribution in [0.1, 0.15) is 24.5 Å². The summed E-state index contributed by atoms with van der Waals surface area (Å²) in [5.41, 5.74) is 7.81. The monoisotopic (exact) mass is 373 g/mol. The number of nitrogens with two attached hydrogens (primary N) is 1. The van der Waals surface area contributed by atoms with Crippen LogP contribution in [0.15, 0.2) is 35.3 Å². The van der Waals surface area contributed by atoms with Crippen LogP contribution in [0.4, 0.5) is 5.95 Å². The first-order valence-corrected chi connectivity index (χ1v) is 8.98. The number of hydrogen-bond donors (Lipinski definition) is 2. The van der Waals surface area contributed by atoms with E-state index < -0.39 is 0 Å². The molecule has 1 aliphatic carbocycles. The van der Waals surface area contributed by atoms with Gasteiger partial charge in [-0.3, -0.25) is 9.36 Å². The average molecular weight is 373 g/mol. The second-order valence-electron chi connectivity index (χ2n) is 6.71. The van der Waals surface area contributed by atoms with E-state index in [2.05, 4.69) is 33.3 Å². The van der Waals surface area contributed by atoms with Crippen LogP contribution in [-0.4, -0.2) is 31.4 Å². The number of aromatic nitrogens is 4. The molecular weight excluding hydrogens is 354 g/mol. The third-order valence-corrected chi connectivity index (χ3v) is 4.78. The Kier molecular flexibility index (Phi) is 4.56. The summed E-state index contributed by atoms with van der Waals surface area (Å²) < 4.78 is 3.12. The number of nitrogens with one attached hydrogen (secondary N) is 1. The SMILES string of the molecule is CC#CCn1c(NC2CC2N)nc2cnn(Cc3ccccc3C#N)c(=O)c21. The standard InChI is InChI=1S/C20H19N7O/c1-2-3-8-26-18-17(25-20(26)24-16-9-15(16)22)11-23-27(19(18)28)12-14-7-5-4-6-13(14)10-21/h4-7,11,15-16H,8-9,12,22H2,1H3,(H,24,25). The van der Waals surface area contributed by atoms with Crippen molar-refractivity contribution in [1.82, 2.24) is 19.3 Å². The number of rotatable bonds is 5. The van der Waals surface area contributed by atoms with Gasteiger partial charge < -0.3 is 11.1 Å². The molecule has 0 radical (unpaired) electrons. The molecule has 2 atom stereocenters. The minimum Gasteiger partial charge on any atom is -0.351 e. The van der Waals surface area contributed by atoms with Crippen LogP contribution < -0.4 is 16.6 Å². The zero-order valence-corrected chi connectivity index (χ0v) is 15.4. The Morgan fingerprint density at radius 2 is 2.18 bits per heavy atom. The summed E-state index contributed by atoms with van der Waals surface area (Å²) in [5, 5.41) is 16.8. The Morgan fingerprint density at radius 1 is 1.39 bits per heavy atom. The van der Waals surface area contributed by atoms with E-state index in [9.17, 15) is 10.1 Å². The molecule has 0 aliphatic heterocycles. The van der Waals surface area contributed by atoms with Crippen LogP contribution in [-0.2, 0) is 13.1 Å². The van der Waals surface area contributed by atoms with Gasteiger partial charge >= 0.3 is 0 Å². The van der Waals surface area contributed by atoms with Gasteiger partial charge in [-0.15, -0.1) is 5.92 Å². The van der Waals surface area contributed by atoms with Gasteiger partial charge in [-0.2, -0.15) is 10.4 Å². The average Bonchev–Trinajstić information content (AvgIpc) is 3.27. The quantitative estimate of drug-likeness (QED) is 0.646. The maximum Gasteiger partial charge on any atom is 0.293 e. The molecule has 1 aliphatic rings. The Bertz CT molecular complexity index is 1210. The minimum atomic E-state index is -0.274. The zero-order valence-electron chi connectivity index (χ0n) is 15.4. The lowest BCUT2D eigenvalue weighted by molar-refractivity contribution is 0.642. The first kappa shape index (κ1) is 17.8. The first-order chi connectivity index (χ1) is 13.6. The normalized spacial score (nSPS) is 17.6. The van der Waals surface area contributed by atoms with Gasteiger partial charge in [-0.1, -0.05) is 24.1 Å². The summed E-state index contributed by atoms with van der Waals surface area (Å²) in [7, 11) is 0. The first-order valence-electron chi connectivity index (χ1n) is 8.98. The number of anilines is 1. The highest BCUT2D eigenvalue weighted by Gasteiger charge is 2.34. The smallest absolute Gasteiger partial charge is 0.293 e. The summed E-state index contributed by atoms with van der Waals surface area (Å²) in [6, 6.07) is 9.57. The van der Waals surface area contributed by atoms with Crippen molar-refractivity contribution in [2.45, 2.75) is 38.5 Å². The molecule has 140 valence electrons. The fourth-order valence-corrected chi connectivity index (χ4v) is 3.10. The Balaban J connectivity index is 1.79. The summed E-state index contributed by atoms with van der Waals surface area (Å²) >= 11 is 0. The predicted octanol–water partition coefficient (Wildman–Crippen LogP) is 1.05. The van der Waals surface area contributed by atoms with Crippen molar-refractivity contribution in [2.75, 3.05) is 5.32 Å². The minimum absolute atomic E-state index is 0.0998. The van der Waals surface area contributed by atoms with E-state index in [4.69, 9.17) is 5.73 Å². The van der Waals surface area contributed by atoms with Gasteiger partial charge in [-0.25, -0.2) is 9.67 Å². The van der Waals surface area contributed by atoms with Gasteiger partial charge in [0.2, 0.25) is 5.95 Å². The molecule has 8 nitrogen and oxygen atoms in total. The van der Waals surface area contributed by atoms with Crippen molar-refractivity contribution in [2.24, 2.45) is 5.73 Å². The molecule has 2 heterocycles. The highest BCUT2D eigenvalue weighted by Crippen LogP contribution is 2.25. The number of nitriles is 1. The van der Waals surface area contributed by atoms with Gasteiger partial charge in [0, 0.05) is 12.1 Å². The fraction of sp³-hybridized carbons (Fsp3) is 0.300. The molecule has 0 amide bonds. The lowest BCUT2D eigenvalue weighted by Crippen LogP contribution is -2.25. The molecule has 1 saturated carbocycles. The molecule has 1 aromatic carbocycles. The molecule has 28 heavy (non-hydrogen) atoms. The molecule has 0 bridgehead atoms. The highest BCUT2D eigenvalue weighted by molar-refractivity contribution is 5.77. The topological polar surface area (TPSA) is 115 Å². The van der Waals surface area contributed by atoms with Crippen LogP contribution in [0.2, 0.25) is 0 Å². The largest absolute Gasteiger partial charge is 0.351 e. The van der Waals surface area contributed by atoms with E-state index in [-0.39, 0.29) is 24.2 Å². The molecule has 3 aromatic rings. The van der Waals surface area contributed by atoms with Crippen LogP contribution in [0.5, 0.6) is 0 Å². The molecule has 0 saturated heterocycles. The summed E-state index contributed by atoms with van der Waals surface area (Å²) in [6.45, 7) is 2.30. The Labute approximate surface area is 161 Å². The lowest BCUT2D eigenvalue weighted by Gasteiger charge is -2.09. The maximum atomic E-state index is 13.2. The highest BCUT2D eigenvalue weighted by atomic mass is 16.1. The molecule has 4 rings (SSSR count). The summed E-state index contributed by atoms with van der Waals surface area (Å²) in [6.07, 6.45) is 2.44. The number of benzene rings is 1. The van der Waals surface area contributed by atoms with Gasteiger partial charge in [0.25, 0.3) is 5.56 Å². The van der Waals surface area contributed by atoms with Gasteiger partial charge in [0.15, 0.2) is 0 Å². The second-order valence-corrected chi connectivity index (χ2v) is 6.71. The van der Waals surface area contributed by atoms with Gasteiger partial charge in [-0.05, 0) is 25.0 Å². The molecule has 0 spiro atoms. The third-order valence-electron chi connectivity index (χ3n) is 4.78. The predicted molar refractivity (Wildman–Crippen MR) is 106 cm³/mol. The molecule has 1 fully saturated rings. The number of imidazole rings is 1. The van der Waals surface area contributed by atoms with Crippen molar-refractivity contribution in [3.8, 4) is 17.9 Å². The van der Waals surface area contributed by atoms with Crippen molar-refractivity contribution >= 4 is 17.0 Å². The van der Waals surface area contributed by atoms with Gasteiger partial charge in [0.1, 0.15) is 11.0 Å². The Morgan fingerprint density at radius 3 is 2.89 bits per heavy atom. The zero-order chi connectivity index (χ0) is 19.7. The van der Waals surface area contributed by atoms with Crippen molar-refractivity contribution < 1.29 is 0 Å². The Hall–Kier alpha value is -3.62. The van der Waals surface area contributed by atoms with E-state index in [0.29, 0.717) is 29.1 Å². The maximum absolute atomic E-state index is 13.2. The lowest BCUT2D eigenvalue weighted by atomic mass is 10.1. The number of nitrogens with zero attached hydrogens (tertiary/aromatic N) is 5. The van der Waals surface area contributed by atoms with Crippen molar-refractivity contribution in [3.63, 3.8) is 0 Å². The van der Waals surface area contributed by atoms with Crippen LogP contribution in [0, 0.1) is 23.2 Å². The van der Waals surface area contributed by atoms with Gasteiger partial charge in [0.05, 0.1) is 30.9 Å². The molecule has 8 heteroatoms. The molecule has 2 aromatic heterocycles. The van der Waals surface area contributed by atoms with Crippen molar-refractivity contribution in [1.29, 1.82) is 5.26 Å². The van der Waals surface area contributed by atoms with Crippen LogP contribution >= 0.6 is 0 Å². The second kappa shape index (κ2) is 7.18. The van der Waals surface area contributed by atoms with E-state index in [0.717, 1.165) is 12.0 Å². The molecule has 2 unspecified atom stereocenters. The fourth-order valence-electron chi connectivity index (χ4n) is 3.10. The molecular formula is C20H19N7O.